The molecule has 5 heteroatoms. The number of aryl methyl sites for hydroxylation is 2. The summed E-state index contributed by atoms with van der Waals surface area (Å²) in [4.78, 5) is 4.04. The molecule has 1 N–H and O–H groups in total. The highest BCUT2D eigenvalue weighted by atomic mass is 15.4. The van der Waals surface area contributed by atoms with Crippen LogP contribution in [0.4, 0.5) is 0 Å². The van der Waals surface area contributed by atoms with E-state index in [0.717, 1.165) is 25.8 Å². The number of pyridine rings is 1. The SMILES string of the molecule is CCCn1nncc1C(CCc1ccncc1)NC. The topological polar surface area (TPSA) is 55.6 Å². The molecule has 0 aliphatic rings. The van der Waals surface area contributed by atoms with Gasteiger partial charge in [-0.1, -0.05) is 12.1 Å². The molecule has 0 aliphatic carbocycles. The van der Waals surface area contributed by atoms with Gasteiger partial charge in [0.05, 0.1) is 17.9 Å². The lowest BCUT2D eigenvalue weighted by Gasteiger charge is -2.17. The summed E-state index contributed by atoms with van der Waals surface area (Å²) in [5, 5.41) is 11.5. The summed E-state index contributed by atoms with van der Waals surface area (Å²) in [6.45, 7) is 3.07. The van der Waals surface area contributed by atoms with Crippen molar-refractivity contribution >= 4 is 0 Å². The van der Waals surface area contributed by atoms with Gasteiger partial charge in [-0.15, -0.1) is 5.10 Å². The van der Waals surface area contributed by atoms with E-state index < -0.39 is 0 Å². The first kappa shape index (κ1) is 13.7. The van der Waals surface area contributed by atoms with Gasteiger partial charge in [-0.3, -0.25) is 4.98 Å². The molecule has 0 bridgehead atoms. The normalized spacial score (nSPS) is 12.5. The molecule has 1 atom stereocenters. The number of aromatic nitrogens is 4. The molecule has 0 saturated heterocycles. The summed E-state index contributed by atoms with van der Waals surface area (Å²) >= 11 is 0. The minimum Gasteiger partial charge on any atom is -0.312 e. The number of hydrogen-bond acceptors (Lipinski definition) is 4. The molecule has 19 heavy (non-hydrogen) atoms. The summed E-state index contributed by atoms with van der Waals surface area (Å²) in [6.07, 6.45) is 8.66. The maximum atomic E-state index is 4.15. The molecule has 5 nitrogen and oxygen atoms in total. The highest BCUT2D eigenvalue weighted by Gasteiger charge is 2.14. The molecular weight excluding hydrogens is 238 g/mol. The molecule has 102 valence electrons. The lowest BCUT2D eigenvalue weighted by Crippen LogP contribution is -2.21. The van der Waals surface area contributed by atoms with E-state index >= 15 is 0 Å². The molecule has 2 heterocycles. The van der Waals surface area contributed by atoms with E-state index in [1.54, 1.807) is 0 Å². The molecule has 0 saturated carbocycles. The van der Waals surface area contributed by atoms with Crippen molar-refractivity contribution in [3.05, 3.63) is 42.0 Å². The standard InChI is InChI=1S/C14H21N5/c1-3-10-19-14(11-17-18-19)13(15-2)5-4-12-6-8-16-9-7-12/h6-9,11,13,15H,3-5,10H2,1-2H3. The molecule has 0 fully saturated rings. The third kappa shape index (κ3) is 3.61. The van der Waals surface area contributed by atoms with Crippen molar-refractivity contribution in [3.8, 4) is 0 Å². The van der Waals surface area contributed by atoms with Gasteiger partial charge in [-0.05, 0) is 44.0 Å². The second-order valence-corrected chi connectivity index (χ2v) is 4.62. The zero-order chi connectivity index (χ0) is 13.5. The number of rotatable bonds is 7. The van der Waals surface area contributed by atoms with Gasteiger partial charge in [0, 0.05) is 18.9 Å². The number of nitrogens with one attached hydrogen (secondary N) is 1. The van der Waals surface area contributed by atoms with Gasteiger partial charge in [0.15, 0.2) is 0 Å². The fourth-order valence-electron chi connectivity index (χ4n) is 2.22. The molecule has 0 aromatic carbocycles. The Balaban J connectivity index is 2.01. The monoisotopic (exact) mass is 259 g/mol. The van der Waals surface area contributed by atoms with Crippen LogP contribution in [0.5, 0.6) is 0 Å². The largest absolute Gasteiger partial charge is 0.312 e. The van der Waals surface area contributed by atoms with Gasteiger partial charge < -0.3 is 5.32 Å². The van der Waals surface area contributed by atoms with Crippen LogP contribution in [0.3, 0.4) is 0 Å². The molecule has 0 radical (unpaired) electrons. The number of hydrogen-bond donors (Lipinski definition) is 1. The van der Waals surface area contributed by atoms with Crippen LogP contribution < -0.4 is 5.32 Å². The van der Waals surface area contributed by atoms with Crippen molar-refractivity contribution in [1.82, 2.24) is 25.3 Å². The van der Waals surface area contributed by atoms with Crippen LogP contribution in [-0.4, -0.2) is 27.0 Å². The van der Waals surface area contributed by atoms with E-state index in [1.807, 2.05) is 30.3 Å². The zero-order valence-electron chi connectivity index (χ0n) is 11.6. The first-order valence-corrected chi connectivity index (χ1v) is 6.79. The van der Waals surface area contributed by atoms with Gasteiger partial charge in [0.25, 0.3) is 0 Å². The van der Waals surface area contributed by atoms with E-state index in [4.69, 9.17) is 0 Å². The average molecular weight is 259 g/mol. The quantitative estimate of drug-likeness (QED) is 0.826. The van der Waals surface area contributed by atoms with Crippen molar-refractivity contribution in [1.29, 1.82) is 0 Å². The minimum absolute atomic E-state index is 0.287. The van der Waals surface area contributed by atoms with E-state index in [1.165, 1.54) is 11.3 Å². The van der Waals surface area contributed by atoms with Crippen molar-refractivity contribution in [3.63, 3.8) is 0 Å². The van der Waals surface area contributed by atoms with Crippen molar-refractivity contribution in [2.24, 2.45) is 0 Å². The van der Waals surface area contributed by atoms with Crippen LogP contribution in [0.1, 0.15) is 37.1 Å². The molecule has 0 amide bonds. The Labute approximate surface area is 114 Å². The Hall–Kier alpha value is -1.75. The Kier molecular flexibility index (Phi) is 5.03. The Morgan fingerprint density at radius 2 is 2.11 bits per heavy atom. The predicted molar refractivity (Wildman–Crippen MR) is 74.7 cm³/mol. The summed E-state index contributed by atoms with van der Waals surface area (Å²) in [5.41, 5.74) is 2.48. The molecule has 2 aromatic rings. The second-order valence-electron chi connectivity index (χ2n) is 4.62. The van der Waals surface area contributed by atoms with Crippen molar-refractivity contribution < 1.29 is 0 Å². The third-order valence-corrected chi connectivity index (χ3v) is 3.26. The van der Waals surface area contributed by atoms with Crippen LogP contribution in [0.25, 0.3) is 0 Å². The van der Waals surface area contributed by atoms with Crippen LogP contribution in [0.15, 0.2) is 30.7 Å². The van der Waals surface area contributed by atoms with Gasteiger partial charge in [-0.25, -0.2) is 4.68 Å². The molecule has 2 rings (SSSR count). The van der Waals surface area contributed by atoms with E-state index in [9.17, 15) is 0 Å². The maximum absolute atomic E-state index is 4.15. The Morgan fingerprint density at radius 1 is 1.32 bits per heavy atom. The van der Waals surface area contributed by atoms with Gasteiger partial charge in [0.1, 0.15) is 0 Å². The molecule has 0 spiro atoms. The summed E-state index contributed by atoms with van der Waals surface area (Å²) in [7, 11) is 1.99. The fourth-order valence-corrected chi connectivity index (χ4v) is 2.22. The molecule has 1 unspecified atom stereocenters. The second kappa shape index (κ2) is 6.99. The Morgan fingerprint density at radius 3 is 2.79 bits per heavy atom. The van der Waals surface area contributed by atoms with Gasteiger partial charge >= 0.3 is 0 Å². The van der Waals surface area contributed by atoms with Crippen molar-refractivity contribution in [2.45, 2.75) is 38.8 Å². The van der Waals surface area contributed by atoms with Crippen LogP contribution in [-0.2, 0) is 13.0 Å². The van der Waals surface area contributed by atoms with Crippen LogP contribution >= 0.6 is 0 Å². The first-order valence-electron chi connectivity index (χ1n) is 6.79. The van der Waals surface area contributed by atoms with E-state index in [0.29, 0.717) is 0 Å². The lowest BCUT2D eigenvalue weighted by atomic mass is 10.0. The van der Waals surface area contributed by atoms with Crippen molar-refractivity contribution in [2.75, 3.05) is 7.05 Å². The summed E-state index contributed by atoms with van der Waals surface area (Å²) in [6, 6.07) is 4.41. The van der Waals surface area contributed by atoms with Crippen LogP contribution in [0, 0.1) is 0 Å². The lowest BCUT2D eigenvalue weighted by molar-refractivity contribution is 0.472. The first-order chi connectivity index (χ1) is 9.35. The third-order valence-electron chi connectivity index (χ3n) is 3.26. The number of nitrogens with zero attached hydrogens (tertiary/aromatic N) is 4. The maximum Gasteiger partial charge on any atom is 0.0756 e. The van der Waals surface area contributed by atoms with Crippen LogP contribution in [0.2, 0.25) is 0 Å². The fraction of sp³-hybridized carbons (Fsp3) is 0.500. The average Bonchev–Trinajstić information content (AvgIpc) is 2.90. The smallest absolute Gasteiger partial charge is 0.0756 e. The highest BCUT2D eigenvalue weighted by Crippen LogP contribution is 2.18. The molecule has 0 aliphatic heterocycles. The highest BCUT2D eigenvalue weighted by molar-refractivity contribution is 5.11. The van der Waals surface area contributed by atoms with Gasteiger partial charge in [0.2, 0.25) is 0 Å². The predicted octanol–water partition coefficient (Wildman–Crippen LogP) is 1.98. The minimum atomic E-state index is 0.287. The van der Waals surface area contributed by atoms with E-state index in [2.05, 4.69) is 39.7 Å². The van der Waals surface area contributed by atoms with Gasteiger partial charge in [-0.2, -0.15) is 0 Å². The summed E-state index contributed by atoms with van der Waals surface area (Å²) < 4.78 is 1.99. The van der Waals surface area contributed by atoms with E-state index in [-0.39, 0.29) is 6.04 Å². The zero-order valence-corrected chi connectivity index (χ0v) is 11.6. The summed E-state index contributed by atoms with van der Waals surface area (Å²) in [5.74, 6) is 0. The Bertz CT molecular complexity index is 480. The molecule has 2 aromatic heterocycles. The molecular formula is C14H21N5.